The number of carboxylic acids is 1. The number of imidazole rings is 1. The van der Waals surface area contributed by atoms with E-state index in [1.54, 1.807) is 0 Å². The number of ether oxygens (including phenoxy) is 1. The van der Waals surface area contributed by atoms with Crippen molar-refractivity contribution in [2.75, 3.05) is 26.2 Å². The molecular weight excluding hydrogens is 1330 g/mol. The number of fused-ring (bicyclic) bond motifs is 34. The molecule has 102 heavy (non-hydrogen) atoms. The van der Waals surface area contributed by atoms with Crippen LogP contribution in [-0.2, 0) is 94.4 Å². The number of hydrogen-bond donors (Lipinski definition) is 16. The third-order valence-electron chi connectivity index (χ3n) is 17.4. The number of nitrogens with zero attached hydrogens (tertiary/aromatic N) is 2. The van der Waals surface area contributed by atoms with E-state index >= 15 is 9.59 Å². The number of rotatable bonds is 12. The SMILES string of the molecule is CC(=O)N[C@H]1CNC(=O)COc2ccc(cc2)C[C@@H](C(N)=O)NC(=O)[C@]2(C)CCCN2C(=O)[C@H](Cc2ccc(O)cc2)NC(=O)[C@H](Cc2cnc[nH]2)NC(=O)[C@H](CC(=O)O)NC(=O)[C@H](Cc2c[nH]c3ccc(F)cc23)NC(=O)[C@H](Cc2c[nH]c3ccc(F)cc23)NC(=O)CNC(=O)[C@H](C)NC1=O. The zero-order valence-electron chi connectivity index (χ0n) is 55.3. The molecule has 17 N–H and O–H groups in total. The van der Waals surface area contributed by atoms with E-state index in [1.807, 2.05) is 0 Å². The molecule has 0 saturated carbocycles. The van der Waals surface area contributed by atoms with E-state index in [0.717, 1.165) is 25.1 Å². The smallest absolute Gasteiger partial charge is 0.305 e. The summed E-state index contributed by atoms with van der Waals surface area (Å²) in [4.78, 5) is 196. The third kappa shape index (κ3) is 19.3. The molecule has 12 amide bonds. The van der Waals surface area contributed by atoms with Gasteiger partial charge in [-0.3, -0.25) is 62.3 Å². The second kappa shape index (κ2) is 33.1. The third-order valence-corrected chi connectivity index (χ3v) is 17.4. The zero-order chi connectivity index (χ0) is 73.5. The molecule has 10 rings (SSSR count). The summed E-state index contributed by atoms with van der Waals surface area (Å²) in [5.41, 5.74) is 6.48. The number of phenolic OH excluding ortho intramolecular Hbond substituents is 1. The van der Waals surface area contributed by atoms with Crippen molar-refractivity contribution in [3.8, 4) is 11.5 Å². The number of aliphatic carboxylic acids is 1. The number of benzene rings is 4. The van der Waals surface area contributed by atoms with Gasteiger partial charge in [-0.2, -0.15) is 0 Å². The Morgan fingerprint density at radius 1 is 0.667 bits per heavy atom. The zero-order valence-corrected chi connectivity index (χ0v) is 55.3. The number of primary amides is 1. The first-order chi connectivity index (χ1) is 48.6. The topological polar surface area (TPSA) is 481 Å². The average Bonchev–Trinajstić information content (AvgIpc) is 1.59. The molecule has 0 spiro atoms. The summed E-state index contributed by atoms with van der Waals surface area (Å²) in [6, 6.07) is 5.81. The summed E-state index contributed by atoms with van der Waals surface area (Å²) in [7, 11) is 0. The monoisotopic (exact) mass is 1410 g/mol. The van der Waals surface area contributed by atoms with E-state index in [-0.39, 0.29) is 71.3 Å². The van der Waals surface area contributed by atoms with Gasteiger partial charge in [-0.15, -0.1) is 0 Å². The minimum absolute atomic E-state index is 0.0420. The average molecular weight is 1410 g/mol. The van der Waals surface area contributed by atoms with Gasteiger partial charge >= 0.3 is 5.97 Å². The first-order valence-electron chi connectivity index (χ1n) is 32.3. The largest absolute Gasteiger partial charge is 0.508 e. The Balaban J connectivity index is 1.06. The van der Waals surface area contributed by atoms with Crippen molar-refractivity contribution >= 4 is 98.7 Å². The van der Waals surface area contributed by atoms with Crippen LogP contribution in [0.4, 0.5) is 8.78 Å². The van der Waals surface area contributed by atoms with Crippen molar-refractivity contribution in [3.63, 3.8) is 0 Å². The predicted octanol–water partition coefficient (Wildman–Crippen LogP) is -1.25. The molecule has 4 aromatic carbocycles. The number of carboxylic acid groups (broad SMARTS) is 1. The minimum Gasteiger partial charge on any atom is -0.508 e. The summed E-state index contributed by atoms with van der Waals surface area (Å²) in [6.45, 7) is 1.77. The van der Waals surface area contributed by atoms with Gasteiger partial charge in [0.05, 0.1) is 19.3 Å². The van der Waals surface area contributed by atoms with Crippen molar-refractivity contribution in [1.82, 2.24) is 78.0 Å². The fraction of sp³-hybridized carbons (Fsp3) is 0.353. The summed E-state index contributed by atoms with van der Waals surface area (Å²) in [6.07, 6.45) is 2.70. The van der Waals surface area contributed by atoms with Gasteiger partial charge in [0.1, 0.15) is 77.0 Å². The quantitative estimate of drug-likeness (QED) is 0.0636. The second-order valence-electron chi connectivity index (χ2n) is 25.0. The summed E-state index contributed by atoms with van der Waals surface area (Å²) in [5, 5.41) is 45.9. The molecule has 2 bridgehead atoms. The van der Waals surface area contributed by atoms with E-state index in [2.05, 4.69) is 73.1 Å². The van der Waals surface area contributed by atoms with Crippen LogP contribution in [-0.4, -0.2) is 192 Å². The molecular formula is C68H76F2N16O16. The van der Waals surface area contributed by atoms with Crippen LogP contribution in [0.1, 0.15) is 68.0 Å². The first kappa shape index (κ1) is 74.0. The Kier molecular flexibility index (Phi) is 24.0. The van der Waals surface area contributed by atoms with Gasteiger partial charge < -0.3 is 93.7 Å². The van der Waals surface area contributed by atoms with Gasteiger partial charge in [0.15, 0.2) is 6.61 Å². The highest BCUT2D eigenvalue weighted by Crippen LogP contribution is 2.32. The maximum Gasteiger partial charge on any atom is 0.305 e. The van der Waals surface area contributed by atoms with Gasteiger partial charge in [0.2, 0.25) is 65.0 Å². The molecule has 3 aliphatic rings. The Morgan fingerprint density at radius 3 is 1.82 bits per heavy atom. The maximum absolute atomic E-state index is 15.2. The molecule has 1 fully saturated rings. The predicted molar refractivity (Wildman–Crippen MR) is 357 cm³/mol. The second-order valence-corrected chi connectivity index (χ2v) is 25.0. The number of hydrogen-bond acceptors (Lipinski definition) is 16. The number of aromatic hydroxyl groups is 1. The lowest BCUT2D eigenvalue weighted by atomic mass is 9.94. The van der Waals surface area contributed by atoms with Gasteiger partial charge in [-0.05, 0) is 110 Å². The Hall–Kier alpha value is -12.3. The molecule has 1 saturated heterocycles. The van der Waals surface area contributed by atoms with Crippen molar-refractivity contribution in [3.05, 3.63) is 149 Å². The van der Waals surface area contributed by atoms with Crippen LogP contribution in [0.3, 0.4) is 0 Å². The van der Waals surface area contributed by atoms with Crippen molar-refractivity contribution in [2.24, 2.45) is 5.73 Å². The molecule has 7 aromatic rings. The fourth-order valence-corrected chi connectivity index (χ4v) is 11.9. The van der Waals surface area contributed by atoms with Crippen molar-refractivity contribution in [2.45, 2.75) is 126 Å². The standard InChI is InChI=1S/C68H76F2N16O16/c1-34-60(94)76-31-56(89)80-50(21-38-27-73-47-15-9-40(69)23-45(38)47)61(95)81-51(22-39-28-74-48-16-10-41(70)24-46(39)48)62(96)83-53(26-58(91)92)64(98)82-52(25-42-29-72-33-77-42)63(97)84-54(20-36-5-11-43(88)12-6-36)66(100)86-18-4-17-68(86,3)67(101)85-49(59(71)93)19-37-7-13-44(14-8-37)102-32-57(90)75-30-55(65(99)78-34)79-35(2)87/h5-16,23-24,27-29,33-34,49-55,73-74,88H,4,17-22,25-26,30-32H2,1-3H3,(H2,71,93)(H,72,77)(H,75,90)(H,76,94)(H,78,99)(H,79,87)(H,80,89)(H,81,95)(H,82,98)(H,83,96)(H,84,97)(H,85,101)(H,91,92)/t34-,49-,50-,51-,52-,53-,54-,55-,68-/m0/s1. The van der Waals surface area contributed by atoms with Crippen LogP contribution in [0.2, 0.25) is 0 Å². The lowest BCUT2D eigenvalue weighted by Crippen LogP contribution is -2.63. The number of nitrogens with two attached hydrogens (primary N) is 1. The molecule has 3 aromatic heterocycles. The molecule has 0 aliphatic carbocycles. The van der Waals surface area contributed by atoms with Crippen LogP contribution in [0.25, 0.3) is 21.8 Å². The summed E-state index contributed by atoms with van der Waals surface area (Å²) < 4.78 is 35.4. The van der Waals surface area contributed by atoms with Gasteiger partial charge in [0.25, 0.3) is 5.91 Å². The number of halogens is 2. The molecule has 9 atom stereocenters. The highest BCUT2D eigenvalue weighted by Gasteiger charge is 2.49. The van der Waals surface area contributed by atoms with E-state index in [1.165, 1.54) is 110 Å². The Bertz CT molecular complexity index is 4320. The maximum atomic E-state index is 15.2. The molecule has 0 unspecified atom stereocenters. The number of nitrogens with one attached hydrogen (secondary N) is 13. The highest BCUT2D eigenvalue weighted by molar-refractivity contribution is 6.01. The number of amides is 12. The van der Waals surface area contributed by atoms with Gasteiger partial charge in [-0.25, -0.2) is 13.8 Å². The molecule has 34 heteroatoms. The van der Waals surface area contributed by atoms with Crippen LogP contribution in [0.5, 0.6) is 11.5 Å². The van der Waals surface area contributed by atoms with Crippen molar-refractivity contribution in [1.29, 1.82) is 0 Å². The minimum atomic E-state index is -2.09. The first-order valence-corrected chi connectivity index (χ1v) is 32.3. The van der Waals surface area contributed by atoms with Crippen LogP contribution >= 0.6 is 0 Å². The fourth-order valence-electron chi connectivity index (χ4n) is 11.9. The van der Waals surface area contributed by atoms with Crippen LogP contribution in [0, 0.1) is 11.6 Å². The molecule has 0 radical (unpaired) electrons. The van der Waals surface area contributed by atoms with E-state index in [0.29, 0.717) is 22.2 Å². The van der Waals surface area contributed by atoms with E-state index in [4.69, 9.17) is 10.5 Å². The summed E-state index contributed by atoms with van der Waals surface area (Å²) in [5.74, 6) is -14.7. The van der Waals surface area contributed by atoms with E-state index in [9.17, 15) is 71.7 Å². The highest BCUT2D eigenvalue weighted by atomic mass is 19.1. The van der Waals surface area contributed by atoms with Crippen molar-refractivity contribution < 1.29 is 86.1 Å². The number of H-pyrrole nitrogens is 3. The van der Waals surface area contributed by atoms with Crippen LogP contribution in [0.15, 0.2) is 110 Å². The van der Waals surface area contributed by atoms with Crippen LogP contribution < -0.4 is 63.6 Å². The van der Waals surface area contributed by atoms with E-state index < -0.39 is 188 Å². The molecule has 3 aliphatic heterocycles. The number of carbonyl (C=O) groups is 13. The van der Waals surface area contributed by atoms with Gasteiger partial charge in [0, 0.05) is 98.2 Å². The summed E-state index contributed by atoms with van der Waals surface area (Å²) >= 11 is 0. The molecule has 32 nitrogen and oxygen atoms in total. The number of aromatic amines is 3. The Morgan fingerprint density at radius 2 is 1.25 bits per heavy atom. The molecule has 538 valence electrons. The van der Waals surface area contributed by atoms with Gasteiger partial charge in [-0.1, -0.05) is 24.3 Å². The number of aromatic nitrogens is 4. The Labute approximate surface area is 579 Å². The normalized spacial score (nSPS) is 23.1. The lowest BCUT2D eigenvalue weighted by Gasteiger charge is -2.37. The lowest BCUT2D eigenvalue weighted by molar-refractivity contribution is -0.147. The molecule has 6 heterocycles. The number of carbonyl (C=O) groups excluding carboxylic acids is 12. The number of phenols is 1.